The van der Waals surface area contributed by atoms with Crippen LogP contribution >= 0.6 is 0 Å². The number of ether oxygens (including phenoxy) is 1. The van der Waals surface area contributed by atoms with Gasteiger partial charge in [-0.2, -0.15) is 0 Å². The monoisotopic (exact) mass is 319 g/mol. The Bertz CT molecular complexity index is 499. The van der Waals surface area contributed by atoms with Gasteiger partial charge < -0.3 is 15.0 Å². The minimum absolute atomic E-state index is 0.194. The Labute approximate surface area is 139 Å². The van der Waals surface area contributed by atoms with E-state index in [9.17, 15) is 4.79 Å². The minimum Gasteiger partial charge on any atom is -0.444 e. The molecule has 0 spiro atoms. The van der Waals surface area contributed by atoms with Crippen LogP contribution in [-0.4, -0.2) is 40.7 Å². The maximum absolute atomic E-state index is 12.2. The highest BCUT2D eigenvalue weighted by Gasteiger charge is 2.25. The number of rotatable bonds is 3. The van der Waals surface area contributed by atoms with Crippen molar-refractivity contribution < 1.29 is 9.53 Å². The molecule has 1 fully saturated rings. The number of likely N-dealkylation sites (tertiary alicyclic amines) is 1. The van der Waals surface area contributed by atoms with Gasteiger partial charge in [0.2, 0.25) is 0 Å². The Hall–Kier alpha value is -1.62. The van der Waals surface area contributed by atoms with Crippen LogP contribution in [0.25, 0.3) is 0 Å². The largest absolute Gasteiger partial charge is 0.444 e. The van der Waals surface area contributed by atoms with Gasteiger partial charge in [-0.25, -0.2) is 4.79 Å². The average molecular weight is 319 g/mol. The van der Waals surface area contributed by atoms with E-state index in [-0.39, 0.29) is 12.1 Å². The molecule has 1 aromatic rings. The molecule has 0 saturated carbocycles. The molecule has 1 N–H and O–H groups in total. The van der Waals surface area contributed by atoms with E-state index in [0.29, 0.717) is 6.04 Å². The van der Waals surface area contributed by atoms with E-state index in [1.165, 1.54) is 5.56 Å². The van der Waals surface area contributed by atoms with E-state index in [1.807, 2.05) is 50.2 Å². The molecule has 5 heteroatoms. The van der Waals surface area contributed by atoms with Crippen molar-refractivity contribution in [1.82, 2.24) is 15.2 Å². The lowest BCUT2D eigenvalue weighted by Gasteiger charge is -2.26. The summed E-state index contributed by atoms with van der Waals surface area (Å²) in [6.07, 6.45) is 6.49. The fourth-order valence-electron chi connectivity index (χ4n) is 2.87. The highest BCUT2D eigenvalue weighted by atomic mass is 16.6. The van der Waals surface area contributed by atoms with Gasteiger partial charge in [0.25, 0.3) is 0 Å². The van der Waals surface area contributed by atoms with Gasteiger partial charge in [0.1, 0.15) is 5.60 Å². The molecule has 2 heterocycles. The molecule has 0 aliphatic carbocycles. The van der Waals surface area contributed by atoms with Crippen LogP contribution in [0.2, 0.25) is 0 Å². The molecule has 1 amide bonds. The topological polar surface area (TPSA) is 54.5 Å². The molecule has 1 aromatic heterocycles. The number of carbonyl (C=O) groups excluding carboxylic acids is 1. The Kier molecular flexibility index (Phi) is 5.99. The molecule has 2 rings (SSSR count). The molecule has 5 nitrogen and oxygen atoms in total. The van der Waals surface area contributed by atoms with Crippen molar-refractivity contribution in [3.05, 3.63) is 30.1 Å². The van der Waals surface area contributed by atoms with Crippen molar-refractivity contribution in [2.24, 2.45) is 0 Å². The molecule has 1 aliphatic rings. The van der Waals surface area contributed by atoms with Crippen molar-refractivity contribution >= 4 is 6.09 Å². The molecule has 1 unspecified atom stereocenters. The molecule has 23 heavy (non-hydrogen) atoms. The van der Waals surface area contributed by atoms with E-state index in [4.69, 9.17) is 4.74 Å². The third-order valence-electron chi connectivity index (χ3n) is 4.07. The Morgan fingerprint density at radius 3 is 2.65 bits per heavy atom. The first-order valence-corrected chi connectivity index (χ1v) is 8.49. The van der Waals surface area contributed by atoms with Crippen LogP contribution in [0, 0.1) is 0 Å². The van der Waals surface area contributed by atoms with E-state index in [0.717, 1.165) is 32.4 Å². The molecule has 128 valence electrons. The predicted molar refractivity (Wildman–Crippen MR) is 91.2 cm³/mol. The van der Waals surface area contributed by atoms with E-state index >= 15 is 0 Å². The normalized spacial score (nSPS) is 20.7. The highest BCUT2D eigenvalue weighted by molar-refractivity contribution is 5.68. The molecule has 2 atom stereocenters. The summed E-state index contributed by atoms with van der Waals surface area (Å²) in [6.45, 7) is 9.41. The zero-order valence-electron chi connectivity index (χ0n) is 14.7. The number of nitrogens with zero attached hydrogens (tertiary/aromatic N) is 2. The Morgan fingerprint density at radius 1 is 1.30 bits per heavy atom. The van der Waals surface area contributed by atoms with Crippen molar-refractivity contribution in [3.63, 3.8) is 0 Å². The summed E-state index contributed by atoms with van der Waals surface area (Å²) >= 11 is 0. The number of aromatic nitrogens is 1. The quantitative estimate of drug-likeness (QED) is 0.926. The fourth-order valence-corrected chi connectivity index (χ4v) is 2.87. The summed E-state index contributed by atoms with van der Waals surface area (Å²) in [5.74, 6) is 0. The van der Waals surface area contributed by atoms with Crippen LogP contribution in [0.4, 0.5) is 4.79 Å². The zero-order valence-corrected chi connectivity index (χ0v) is 14.7. The van der Waals surface area contributed by atoms with E-state index in [2.05, 4.69) is 17.2 Å². The van der Waals surface area contributed by atoms with Crippen LogP contribution in [-0.2, 0) is 4.74 Å². The van der Waals surface area contributed by atoms with Gasteiger partial charge in [0.15, 0.2) is 0 Å². The number of carbonyl (C=O) groups is 1. The standard InChI is InChI=1S/C18H29N3O2/c1-14(15-7-10-19-11-8-15)20-16-6-5-12-21(13-9-16)17(22)23-18(2,3)4/h7-8,10-11,14,16,20H,5-6,9,12-13H2,1-4H3/t14-,16?/m0/s1. The smallest absolute Gasteiger partial charge is 0.410 e. The van der Waals surface area contributed by atoms with Crippen molar-refractivity contribution in [2.75, 3.05) is 13.1 Å². The summed E-state index contributed by atoms with van der Waals surface area (Å²) in [6, 6.07) is 4.80. The van der Waals surface area contributed by atoms with Gasteiger partial charge in [0.05, 0.1) is 0 Å². The van der Waals surface area contributed by atoms with E-state index < -0.39 is 5.60 Å². The number of pyridine rings is 1. The van der Waals surface area contributed by atoms with Crippen LogP contribution in [0.1, 0.15) is 58.6 Å². The predicted octanol–water partition coefficient (Wildman–Crippen LogP) is 3.52. The van der Waals surface area contributed by atoms with Crippen LogP contribution < -0.4 is 5.32 Å². The lowest BCUT2D eigenvalue weighted by atomic mass is 10.1. The van der Waals surface area contributed by atoms with Crippen LogP contribution in [0.5, 0.6) is 0 Å². The van der Waals surface area contributed by atoms with Gasteiger partial charge in [-0.3, -0.25) is 4.98 Å². The molecule has 0 aromatic carbocycles. The number of nitrogens with one attached hydrogen (secondary N) is 1. The number of amides is 1. The molecule has 1 saturated heterocycles. The third-order valence-corrected chi connectivity index (χ3v) is 4.07. The first-order valence-electron chi connectivity index (χ1n) is 8.49. The SMILES string of the molecule is C[C@H](NC1CCCN(C(=O)OC(C)(C)C)CC1)c1ccncc1. The Morgan fingerprint density at radius 2 is 2.00 bits per heavy atom. The first kappa shape index (κ1) is 17.7. The molecular formula is C18H29N3O2. The summed E-state index contributed by atoms with van der Waals surface area (Å²) in [5, 5.41) is 3.68. The van der Waals surface area contributed by atoms with Crippen molar-refractivity contribution in [2.45, 2.75) is 64.6 Å². The van der Waals surface area contributed by atoms with Gasteiger partial charge >= 0.3 is 6.09 Å². The molecule has 0 radical (unpaired) electrons. The van der Waals surface area contributed by atoms with Gasteiger partial charge in [-0.05, 0) is 64.7 Å². The zero-order chi connectivity index (χ0) is 16.9. The third kappa shape index (κ3) is 5.82. The van der Waals surface area contributed by atoms with Gasteiger partial charge in [0, 0.05) is 37.6 Å². The van der Waals surface area contributed by atoms with Crippen molar-refractivity contribution in [1.29, 1.82) is 0 Å². The lowest BCUT2D eigenvalue weighted by molar-refractivity contribution is 0.0256. The van der Waals surface area contributed by atoms with Gasteiger partial charge in [-0.15, -0.1) is 0 Å². The van der Waals surface area contributed by atoms with Crippen LogP contribution in [0.3, 0.4) is 0 Å². The minimum atomic E-state index is -0.434. The second-order valence-corrected chi connectivity index (χ2v) is 7.26. The fraction of sp³-hybridized carbons (Fsp3) is 0.667. The van der Waals surface area contributed by atoms with Crippen LogP contribution in [0.15, 0.2) is 24.5 Å². The second-order valence-electron chi connectivity index (χ2n) is 7.26. The van der Waals surface area contributed by atoms with Gasteiger partial charge in [-0.1, -0.05) is 0 Å². The molecule has 0 bridgehead atoms. The lowest BCUT2D eigenvalue weighted by Crippen LogP contribution is -2.38. The average Bonchev–Trinajstić information content (AvgIpc) is 2.72. The highest BCUT2D eigenvalue weighted by Crippen LogP contribution is 2.18. The summed E-state index contributed by atoms with van der Waals surface area (Å²) in [5.41, 5.74) is 0.810. The summed E-state index contributed by atoms with van der Waals surface area (Å²) in [7, 11) is 0. The molecular weight excluding hydrogens is 290 g/mol. The second kappa shape index (κ2) is 7.77. The maximum atomic E-state index is 12.2. The summed E-state index contributed by atoms with van der Waals surface area (Å²) < 4.78 is 5.48. The van der Waals surface area contributed by atoms with Crippen molar-refractivity contribution in [3.8, 4) is 0 Å². The molecule has 1 aliphatic heterocycles. The summed E-state index contributed by atoms with van der Waals surface area (Å²) in [4.78, 5) is 18.1. The maximum Gasteiger partial charge on any atom is 0.410 e. The number of hydrogen-bond acceptors (Lipinski definition) is 4. The first-order chi connectivity index (χ1) is 10.8. The number of hydrogen-bond donors (Lipinski definition) is 1. The van der Waals surface area contributed by atoms with E-state index in [1.54, 1.807) is 0 Å². The Balaban J connectivity index is 1.85.